The SMILES string of the molecule is CNc1ncnc(-c2c(C)cc(C)cc2F)c1C. The van der Waals surface area contributed by atoms with E-state index in [1.54, 1.807) is 7.05 Å². The standard InChI is InChI=1S/C14H16FN3/c1-8-5-9(2)12(11(15)6-8)13-10(3)14(16-4)18-7-17-13/h5-7H,1-4H3,(H,16,17,18). The first-order chi connectivity index (χ1) is 8.54. The van der Waals surface area contributed by atoms with Crippen LogP contribution in [0.1, 0.15) is 16.7 Å². The van der Waals surface area contributed by atoms with Crippen molar-refractivity contribution < 1.29 is 4.39 Å². The molecule has 1 aromatic heterocycles. The molecule has 0 bridgehead atoms. The van der Waals surface area contributed by atoms with Crippen molar-refractivity contribution in [3.8, 4) is 11.3 Å². The molecule has 1 heterocycles. The van der Waals surface area contributed by atoms with E-state index in [1.165, 1.54) is 12.4 Å². The Labute approximate surface area is 106 Å². The molecule has 4 heteroatoms. The molecule has 0 amide bonds. The predicted molar refractivity (Wildman–Crippen MR) is 71.2 cm³/mol. The highest BCUT2D eigenvalue weighted by atomic mass is 19.1. The maximum absolute atomic E-state index is 14.1. The van der Waals surface area contributed by atoms with Gasteiger partial charge in [-0.05, 0) is 38.0 Å². The Morgan fingerprint density at radius 1 is 1.11 bits per heavy atom. The normalized spacial score (nSPS) is 10.5. The van der Waals surface area contributed by atoms with Crippen LogP contribution >= 0.6 is 0 Å². The van der Waals surface area contributed by atoms with E-state index < -0.39 is 0 Å². The molecule has 1 N–H and O–H groups in total. The van der Waals surface area contributed by atoms with Crippen molar-refractivity contribution in [2.24, 2.45) is 0 Å². The zero-order chi connectivity index (χ0) is 13.3. The van der Waals surface area contributed by atoms with Crippen LogP contribution in [0.15, 0.2) is 18.5 Å². The minimum Gasteiger partial charge on any atom is -0.373 e. The molecular formula is C14H16FN3. The minimum absolute atomic E-state index is 0.239. The molecule has 1 aromatic carbocycles. The average molecular weight is 245 g/mol. The number of nitrogens with zero attached hydrogens (tertiary/aromatic N) is 2. The Kier molecular flexibility index (Phi) is 3.28. The molecule has 0 aliphatic carbocycles. The summed E-state index contributed by atoms with van der Waals surface area (Å²) in [6.07, 6.45) is 1.45. The molecule has 18 heavy (non-hydrogen) atoms. The van der Waals surface area contributed by atoms with Crippen LogP contribution < -0.4 is 5.32 Å². The highest BCUT2D eigenvalue weighted by Gasteiger charge is 2.15. The first kappa shape index (κ1) is 12.5. The van der Waals surface area contributed by atoms with Crippen molar-refractivity contribution in [2.75, 3.05) is 12.4 Å². The fourth-order valence-corrected chi connectivity index (χ4v) is 2.17. The van der Waals surface area contributed by atoms with E-state index in [1.807, 2.05) is 26.8 Å². The van der Waals surface area contributed by atoms with E-state index >= 15 is 0 Å². The summed E-state index contributed by atoms with van der Waals surface area (Å²) in [6.45, 7) is 5.66. The first-order valence-electron chi connectivity index (χ1n) is 5.81. The molecule has 0 aliphatic rings. The monoisotopic (exact) mass is 245 g/mol. The van der Waals surface area contributed by atoms with Crippen molar-refractivity contribution in [1.29, 1.82) is 0 Å². The maximum Gasteiger partial charge on any atom is 0.133 e. The van der Waals surface area contributed by atoms with Gasteiger partial charge in [-0.2, -0.15) is 0 Å². The number of aromatic nitrogens is 2. The van der Waals surface area contributed by atoms with Gasteiger partial charge in [0.25, 0.3) is 0 Å². The summed E-state index contributed by atoms with van der Waals surface area (Å²) >= 11 is 0. The van der Waals surface area contributed by atoms with Crippen LogP contribution in [0.4, 0.5) is 10.2 Å². The highest BCUT2D eigenvalue weighted by molar-refractivity contribution is 5.71. The number of benzene rings is 1. The van der Waals surface area contributed by atoms with Gasteiger partial charge in [-0.3, -0.25) is 0 Å². The summed E-state index contributed by atoms with van der Waals surface area (Å²) in [6, 6.07) is 3.49. The molecule has 0 radical (unpaired) electrons. The molecule has 0 aliphatic heterocycles. The third-order valence-corrected chi connectivity index (χ3v) is 2.99. The quantitative estimate of drug-likeness (QED) is 0.882. The van der Waals surface area contributed by atoms with Gasteiger partial charge in [-0.1, -0.05) is 6.07 Å². The molecule has 2 aromatic rings. The highest BCUT2D eigenvalue weighted by Crippen LogP contribution is 2.30. The Morgan fingerprint density at radius 2 is 1.83 bits per heavy atom. The van der Waals surface area contributed by atoms with E-state index in [4.69, 9.17) is 0 Å². The molecule has 2 rings (SSSR count). The molecule has 0 fully saturated rings. The Bertz CT molecular complexity index is 571. The van der Waals surface area contributed by atoms with Gasteiger partial charge in [-0.25, -0.2) is 14.4 Å². The number of hydrogen-bond donors (Lipinski definition) is 1. The van der Waals surface area contributed by atoms with Crippen LogP contribution in [0.25, 0.3) is 11.3 Å². The van der Waals surface area contributed by atoms with Crippen molar-refractivity contribution in [1.82, 2.24) is 9.97 Å². The van der Waals surface area contributed by atoms with E-state index in [9.17, 15) is 4.39 Å². The molecule has 0 unspecified atom stereocenters. The number of halogens is 1. The molecule has 0 saturated heterocycles. The predicted octanol–water partition coefficient (Wildman–Crippen LogP) is 3.25. The summed E-state index contributed by atoms with van der Waals surface area (Å²) in [5.74, 6) is 0.482. The topological polar surface area (TPSA) is 37.8 Å². The Balaban J connectivity index is 2.70. The third kappa shape index (κ3) is 2.06. The second kappa shape index (κ2) is 4.72. The Morgan fingerprint density at radius 3 is 2.44 bits per heavy atom. The molecule has 3 nitrogen and oxygen atoms in total. The van der Waals surface area contributed by atoms with Crippen LogP contribution in [0.3, 0.4) is 0 Å². The summed E-state index contributed by atoms with van der Waals surface area (Å²) in [7, 11) is 1.79. The van der Waals surface area contributed by atoms with Gasteiger partial charge in [-0.15, -0.1) is 0 Å². The molecule has 0 atom stereocenters. The average Bonchev–Trinajstić information content (AvgIpc) is 2.30. The van der Waals surface area contributed by atoms with E-state index in [0.717, 1.165) is 22.5 Å². The van der Waals surface area contributed by atoms with Gasteiger partial charge in [0.1, 0.15) is 18.0 Å². The maximum atomic E-state index is 14.1. The lowest BCUT2D eigenvalue weighted by molar-refractivity contribution is 0.628. The van der Waals surface area contributed by atoms with Crippen molar-refractivity contribution >= 4 is 5.82 Å². The zero-order valence-electron chi connectivity index (χ0n) is 11.0. The second-order valence-corrected chi connectivity index (χ2v) is 4.38. The second-order valence-electron chi connectivity index (χ2n) is 4.38. The minimum atomic E-state index is -0.239. The van der Waals surface area contributed by atoms with E-state index in [2.05, 4.69) is 15.3 Å². The zero-order valence-corrected chi connectivity index (χ0v) is 11.0. The van der Waals surface area contributed by atoms with Crippen LogP contribution in [0.5, 0.6) is 0 Å². The van der Waals surface area contributed by atoms with Crippen LogP contribution in [-0.2, 0) is 0 Å². The van der Waals surface area contributed by atoms with Gasteiger partial charge in [0, 0.05) is 18.2 Å². The summed E-state index contributed by atoms with van der Waals surface area (Å²) in [5, 5.41) is 2.98. The lowest BCUT2D eigenvalue weighted by atomic mass is 9.99. The summed E-state index contributed by atoms with van der Waals surface area (Å²) < 4.78 is 14.1. The summed E-state index contributed by atoms with van der Waals surface area (Å²) in [4.78, 5) is 8.33. The Hall–Kier alpha value is -1.97. The van der Waals surface area contributed by atoms with Gasteiger partial charge >= 0.3 is 0 Å². The number of rotatable bonds is 2. The van der Waals surface area contributed by atoms with Gasteiger partial charge in [0.05, 0.1) is 5.69 Å². The van der Waals surface area contributed by atoms with Crippen molar-refractivity contribution in [3.05, 3.63) is 41.0 Å². The fourth-order valence-electron chi connectivity index (χ4n) is 2.17. The molecule has 0 spiro atoms. The van der Waals surface area contributed by atoms with E-state index in [-0.39, 0.29) is 5.82 Å². The molecule has 94 valence electrons. The van der Waals surface area contributed by atoms with Crippen LogP contribution in [0, 0.1) is 26.6 Å². The summed E-state index contributed by atoms with van der Waals surface area (Å²) in [5.41, 5.74) is 3.85. The third-order valence-electron chi connectivity index (χ3n) is 2.99. The smallest absolute Gasteiger partial charge is 0.133 e. The number of anilines is 1. The number of nitrogens with one attached hydrogen (secondary N) is 1. The van der Waals surface area contributed by atoms with Crippen LogP contribution in [-0.4, -0.2) is 17.0 Å². The fraction of sp³-hybridized carbons (Fsp3) is 0.286. The lowest BCUT2D eigenvalue weighted by Crippen LogP contribution is -2.01. The number of aryl methyl sites for hydroxylation is 2. The van der Waals surface area contributed by atoms with Crippen LogP contribution in [0.2, 0.25) is 0 Å². The van der Waals surface area contributed by atoms with E-state index in [0.29, 0.717) is 11.3 Å². The van der Waals surface area contributed by atoms with Gasteiger partial charge < -0.3 is 5.32 Å². The molecule has 0 saturated carbocycles. The lowest BCUT2D eigenvalue weighted by Gasteiger charge is -2.12. The van der Waals surface area contributed by atoms with Crippen molar-refractivity contribution in [3.63, 3.8) is 0 Å². The first-order valence-corrected chi connectivity index (χ1v) is 5.81. The number of hydrogen-bond acceptors (Lipinski definition) is 3. The van der Waals surface area contributed by atoms with Gasteiger partial charge in [0.15, 0.2) is 0 Å². The molecular weight excluding hydrogens is 229 g/mol. The van der Waals surface area contributed by atoms with Crippen molar-refractivity contribution in [2.45, 2.75) is 20.8 Å². The van der Waals surface area contributed by atoms with Gasteiger partial charge in [0.2, 0.25) is 0 Å². The largest absolute Gasteiger partial charge is 0.373 e.